The second-order valence-corrected chi connectivity index (χ2v) is 4.78. The summed E-state index contributed by atoms with van der Waals surface area (Å²) >= 11 is 0. The van der Waals surface area contributed by atoms with E-state index in [1.54, 1.807) is 6.07 Å². The summed E-state index contributed by atoms with van der Waals surface area (Å²) in [5, 5.41) is 24.0. The van der Waals surface area contributed by atoms with E-state index in [0.29, 0.717) is 5.69 Å². The van der Waals surface area contributed by atoms with E-state index in [2.05, 4.69) is 5.32 Å². The molecule has 0 aliphatic carbocycles. The molecular weight excluding hydrogens is 318 g/mol. The number of nitro benzene ring substituents is 2. The van der Waals surface area contributed by atoms with E-state index in [0.717, 1.165) is 0 Å². The minimum atomic E-state index is -0.999. The van der Waals surface area contributed by atoms with Crippen LogP contribution in [0.15, 0.2) is 48.5 Å². The fourth-order valence-corrected chi connectivity index (χ4v) is 1.86. The number of nitro groups is 2. The number of anilines is 1. The molecule has 124 valence electrons. The second kappa shape index (κ2) is 7.18. The lowest BCUT2D eigenvalue weighted by Gasteiger charge is -2.14. The van der Waals surface area contributed by atoms with Crippen LogP contribution in [0.5, 0.6) is 5.75 Å². The molecule has 0 spiro atoms. The summed E-state index contributed by atoms with van der Waals surface area (Å²) in [5.74, 6) is -0.559. The number of rotatable bonds is 6. The van der Waals surface area contributed by atoms with Gasteiger partial charge in [0.15, 0.2) is 11.9 Å². The Kier molecular flexibility index (Phi) is 5.05. The molecule has 0 unspecified atom stereocenters. The number of hydrogen-bond donors (Lipinski definition) is 1. The summed E-state index contributed by atoms with van der Waals surface area (Å²) in [7, 11) is 0. The molecule has 0 aromatic heterocycles. The number of nitrogens with zero attached hydrogens (tertiary/aromatic N) is 2. The highest BCUT2D eigenvalue weighted by Gasteiger charge is 2.20. The molecule has 2 aromatic carbocycles. The number of ether oxygens (including phenoxy) is 1. The zero-order valence-electron chi connectivity index (χ0n) is 12.5. The second-order valence-electron chi connectivity index (χ2n) is 4.78. The number of carbonyl (C=O) groups is 1. The van der Waals surface area contributed by atoms with E-state index in [9.17, 15) is 25.0 Å². The van der Waals surface area contributed by atoms with E-state index in [1.165, 1.54) is 49.4 Å². The molecule has 1 amide bonds. The van der Waals surface area contributed by atoms with Crippen molar-refractivity contribution in [3.63, 3.8) is 0 Å². The first-order valence-electron chi connectivity index (χ1n) is 6.84. The van der Waals surface area contributed by atoms with Gasteiger partial charge in [-0.15, -0.1) is 0 Å². The molecular formula is C15H13N3O6. The standard InChI is InChI=1S/C15H13N3O6/c1-10(24-14-5-3-2-4-13(14)18(22)23)15(19)16-11-6-8-12(9-7-11)17(20)21/h2-10H,1H3,(H,16,19)/t10-/m1/s1. The molecule has 1 N–H and O–H groups in total. The van der Waals surface area contributed by atoms with E-state index in [4.69, 9.17) is 4.74 Å². The Balaban J connectivity index is 2.05. The Hall–Kier alpha value is -3.49. The summed E-state index contributed by atoms with van der Waals surface area (Å²) < 4.78 is 5.34. The maximum atomic E-state index is 12.1. The van der Waals surface area contributed by atoms with Crippen LogP contribution in [-0.2, 0) is 4.79 Å². The molecule has 9 heteroatoms. The maximum absolute atomic E-state index is 12.1. The summed E-state index contributed by atoms with van der Waals surface area (Å²) in [6, 6.07) is 11.0. The highest BCUT2D eigenvalue weighted by molar-refractivity contribution is 5.94. The van der Waals surface area contributed by atoms with Crippen molar-refractivity contribution in [1.82, 2.24) is 0 Å². The van der Waals surface area contributed by atoms with Crippen LogP contribution in [0, 0.1) is 20.2 Å². The third kappa shape index (κ3) is 4.03. The molecule has 1 atom stereocenters. The lowest BCUT2D eigenvalue weighted by Crippen LogP contribution is -2.30. The fourth-order valence-electron chi connectivity index (χ4n) is 1.86. The Morgan fingerprint density at radius 3 is 2.25 bits per heavy atom. The van der Waals surface area contributed by atoms with E-state index >= 15 is 0 Å². The number of benzene rings is 2. The normalized spacial score (nSPS) is 11.4. The lowest BCUT2D eigenvalue weighted by molar-refractivity contribution is -0.386. The fraction of sp³-hybridized carbons (Fsp3) is 0.133. The number of nitrogens with one attached hydrogen (secondary N) is 1. The Bertz CT molecular complexity index is 775. The third-order valence-electron chi connectivity index (χ3n) is 3.08. The van der Waals surface area contributed by atoms with Crippen molar-refractivity contribution in [2.75, 3.05) is 5.32 Å². The molecule has 0 saturated heterocycles. The molecule has 0 bridgehead atoms. The summed E-state index contributed by atoms with van der Waals surface area (Å²) in [4.78, 5) is 32.4. The Morgan fingerprint density at radius 1 is 1.04 bits per heavy atom. The molecule has 24 heavy (non-hydrogen) atoms. The van der Waals surface area contributed by atoms with Gasteiger partial charge in [-0.3, -0.25) is 25.0 Å². The van der Waals surface area contributed by atoms with Crippen LogP contribution in [0.4, 0.5) is 17.1 Å². The van der Waals surface area contributed by atoms with E-state index < -0.39 is 21.9 Å². The van der Waals surface area contributed by atoms with Gasteiger partial charge >= 0.3 is 5.69 Å². The average Bonchev–Trinajstić information content (AvgIpc) is 2.55. The lowest BCUT2D eigenvalue weighted by atomic mass is 10.2. The van der Waals surface area contributed by atoms with Gasteiger partial charge in [0.05, 0.1) is 9.85 Å². The van der Waals surface area contributed by atoms with Gasteiger partial charge < -0.3 is 10.1 Å². The van der Waals surface area contributed by atoms with Gasteiger partial charge in [0, 0.05) is 23.9 Å². The predicted octanol–water partition coefficient (Wildman–Crippen LogP) is 2.91. The van der Waals surface area contributed by atoms with Crippen LogP contribution in [0.1, 0.15) is 6.92 Å². The predicted molar refractivity (Wildman–Crippen MR) is 84.9 cm³/mol. The molecule has 0 radical (unpaired) electrons. The number of hydrogen-bond acceptors (Lipinski definition) is 6. The Labute approximate surface area is 136 Å². The van der Waals surface area contributed by atoms with Gasteiger partial charge in [-0.2, -0.15) is 0 Å². The Morgan fingerprint density at radius 2 is 1.67 bits per heavy atom. The quantitative estimate of drug-likeness (QED) is 0.641. The van der Waals surface area contributed by atoms with E-state index in [-0.39, 0.29) is 17.1 Å². The molecule has 0 heterocycles. The molecule has 0 fully saturated rings. The SMILES string of the molecule is C[C@@H](Oc1ccccc1[N+](=O)[O-])C(=O)Nc1ccc([N+](=O)[O-])cc1. The summed E-state index contributed by atoms with van der Waals surface area (Å²) in [5.41, 5.74) is 0.00769. The first-order valence-corrected chi connectivity index (χ1v) is 6.84. The van der Waals surface area contributed by atoms with Crippen molar-refractivity contribution in [1.29, 1.82) is 0 Å². The van der Waals surface area contributed by atoms with Gasteiger partial charge in [0.2, 0.25) is 0 Å². The van der Waals surface area contributed by atoms with Crippen LogP contribution >= 0.6 is 0 Å². The molecule has 9 nitrogen and oxygen atoms in total. The van der Waals surface area contributed by atoms with Gasteiger partial charge in [0.1, 0.15) is 0 Å². The topological polar surface area (TPSA) is 125 Å². The van der Waals surface area contributed by atoms with E-state index in [1.807, 2.05) is 0 Å². The van der Waals surface area contributed by atoms with Crippen molar-refractivity contribution in [3.8, 4) is 5.75 Å². The average molecular weight is 331 g/mol. The van der Waals surface area contributed by atoms with Crippen molar-refractivity contribution in [2.45, 2.75) is 13.0 Å². The zero-order chi connectivity index (χ0) is 17.7. The maximum Gasteiger partial charge on any atom is 0.310 e. The van der Waals surface area contributed by atoms with Crippen molar-refractivity contribution in [2.24, 2.45) is 0 Å². The van der Waals surface area contributed by atoms with Crippen LogP contribution < -0.4 is 10.1 Å². The minimum absolute atomic E-state index is 0.0196. The largest absolute Gasteiger partial charge is 0.474 e. The number of carbonyl (C=O) groups excluding carboxylic acids is 1. The monoisotopic (exact) mass is 331 g/mol. The highest BCUT2D eigenvalue weighted by Crippen LogP contribution is 2.27. The van der Waals surface area contributed by atoms with Crippen molar-refractivity contribution < 1.29 is 19.4 Å². The van der Waals surface area contributed by atoms with Gasteiger partial charge in [-0.25, -0.2) is 0 Å². The van der Waals surface area contributed by atoms with Crippen LogP contribution in [0.25, 0.3) is 0 Å². The summed E-state index contributed by atoms with van der Waals surface area (Å²) in [6.07, 6.45) is -0.999. The van der Waals surface area contributed by atoms with Crippen LogP contribution in [0.2, 0.25) is 0 Å². The molecule has 0 aliphatic heterocycles. The third-order valence-corrected chi connectivity index (χ3v) is 3.08. The van der Waals surface area contributed by atoms with Gasteiger partial charge in [0.25, 0.3) is 11.6 Å². The van der Waals surface area contributed by atoms with Crippen LogP contribution in [0.3, 0.4) is 0 Å². The van der Waals surface area contributed by atoms with Gasteiger partial charge in [-0.1, -0.05) is 12.1 Å². The number of amides is 1. The first kappa shape index (κ1) is 16.9. The smallest absolute Gasteiger partial charge is 0.310 e. The highest BCUT2D eigenvalue weighted by atomic mass is 16.6. The molecule has 2 rings (SSSR count). The molecule has 0 saturated carbocycles. The van der Waals surface area contributed by atoms with Gasteiger partial charge in [-0.05, 0) is 25.1 Å². The summed E-state index contributed by atoms with van der Waals surface area (Å²) in [6.45, 7) is 1.44. The van der Waals surface area contributed by atoms with Crippen LogP contribution in [-0.4, -0.2) is 21.9 Å². The molecule has 0 aliphatic rings. The minimum Gasteiger partial charge on any atom is -0.474 e. The van der Waals surface area contributed by atoms with Crippen molar-refractivity contribution >= 4 is 23.0 Å². The molecule has 2 aromatic rings. The zero-order valence-corrected chi connectivity index (χ0v) is 12.5. The van der Waals surface area contributed by atoms with Crippen molar-refractivity contribution in [3.05, 3.63) is 68.8 Å². The number of non-ortho nitro benzene ring substituents is 1. The first-order chi connectivity index (χ1) is 11.4. The number of para-hydroxylation sites is 2.